The molecule has 2 rings (SSSR count). The van der Waals surface area contributed by atoms with Gasteiger partial charge in [-0.25, -0.2) is 9.59 Å². The Morgan fingerprint density at radius 2 is 1.65 bits per heavy atom. The minimum atomic E-state index is -1.03. The topological polar surface area (TPSA) is 74.6 Å². The van der Waals surface area contributed by atoms with Crippen molar-refractivity contribution in [3.8, 4) is 0 Å². The molecular weight excluding hydrogens is 288 g/mol. The van der Waals surface area contributed by atoms with Gasteiger partial charge in [-0.15, -0.1) is 0 Å². The van der Waals surface area contributed by atoms with Crippen LogP contribution in [0.4, 0.5) is 0 Å². The number of rotatable bonds is 2. The molecule has 0 saturated carbocycles. The molecule has 0 spiro atoms. The van der Waals surface area contributed by atoms with Crippen molar-refractivity contribution in [3.63, 3.8) is 0 Å². The van der Waals surface area contributed by atoms with Gasteiger partial charge in [-0.05, 0) is 51.0 Å². The molecule has 2 N–H and O–H groups in total. The molecule has 0 unspecified atom stereocenters. The molecule has 4 nitrogen and oxygen atoms in total. The van der Waals surface area contributed by atoms with E-state index in [-0.39, 0.29) is 11.1 Å². The van der Waals surface area contributed by atoms with Crippen LogP contribution in [0, 0.1) is 0 Å². The molecule has 2 aromatic carbocycles. The van der Waals surface area contributed by atoms with Crippen LogP contribution in [0.2, 0.25) is 0 Å². The highest BCUT2D eigenvalue weighted by Crippen LogP contribution is 2.25. The summed E-state index contributed by atoms with van der Waals surface area (Å²) in [5.41, 5.74) is 0.327. The monoisotopic (exact) mass is 294 g/mol. The van der Waals surface area contributed by atoms with E-state index >= 15 is 0 Å². The fourth-order valence-corrected chi connectivity index (χ4v) is 2.10. The molecule has 0 atom stereocenters. The molecule has 0 aliphatic heterocycles. The summed E-state index contributed by atoms with van der Waals surface area (Å²) in [4.78, 5) is 21.7. The summed E-state index contributed by atoms with van der Waals surface area (Å²) in [6.45, 7) is 0. The van der Waals surface area contributed by atoms with Crippen LogP contribution in [0.5, 0.6) is 0 Å². The second kappa shape index (κ2) is 4.18. The van der Waals surface area contributed by atoms with E-state index in [0.717, 1.165) is 0 Å². The molecular formula is C12H7BrO4. The van der Waals surface area contributed by atoms with Gasteiger partial charge < -0.3 is 10.2 Å². The summed E-state index contributed by atoms with van der Waals surface area (Å²) < 4.78 is 0.431. The Morgan fingerprint density at radius 3 is 2.24 bits per heavy atom. The SMILES string of the molecule is O=C(O)c1ccc2cc(C(=O)O)c(Br)cc2c1. The number of halogens is 1. The first-order valence-electron chi connectivity index (χ1n) is 4.69. The summed E-state index contributed by atoms with van der Waals surface area (Å²) >= 11 is 3.15. The van der Waals surface area contributed by atoms with Crippen LogP contribution in [0.3, 0.4) is 0 Å². The van der Waals surface area contributed by atoms with Crippen LogP contribution in [-0.4, -0.2) is 22.2 Å². The number of carboxylic acid groups (broad SMARTS) is 2. The maximum absolute atomic E-state index is 10.9. The van der Waals surface area contributed by atoms with Crippen LogP contribution in [-0.2, 0) is 0 Å². The van der Waals surface area contributed by atoms with Crippen LogP contribution in [0.15, 0.2) is 34.8 Å². The highest BCUT2D eigenvalue weighted by molar-refractivity contribution is 9.10. The first-order chi connectivity index (χ1) is 7.99. The third kappa shape index (κ3) is 2.14. The maximum Gasteiger partial charge on any atom is 0.336 e. The molecule has 0 aliphatic carbocycles. The third-order valence-electron chi connectivity index (χ3n) is 2.40. The number of hydrogen-bond donors (Lipinski definition) is 2. The number of carboxylic acids is 2. The number of hydrogen-bond acceptors (Lipinski definition) is 2. The van der Waals surface area contributed by atoms with Gasteiger partial charge in [0.15, 0.2) is 0 Å². The molecule has 0 amide bonds. The van der Waals surface area contributed by atoms with Gasteiger partial charge in [-0.1, -0.05) is 6.07 Å². The Balaban J connectivity index is 2.70. The molecule has 2 aromatic rings. The second-order valence-corrected chi connectivity index (χ2v) is 4.36. The zero-order valence-corrected chi connectivity index (χ0v) is 10.1. The van der Waals surface area contributed by atoms with Crippen molar-refractivity contribution in [2.45, 2.75) is 0 Å². The van der Waals surface area contributed by atoms with E-state index in [2.05, 4.69) is 15.9 Å². The van der Waals surface area contributed by atoms with Gasteiger partial charge in [-0.2, -0.15) is 0 Å². The summed E-state index contributed by atoms with van der Waals surface area (Å²) in [5, 5.41) is 19.2. The van der Waals surface area contributed by atoms with E-state index in [1.165, 1.54) is 18.2 Å². The van der Waals surface area contributed by atoms with E-state index in [1.54, 1.807) is 12.1 Å². The third-order valence-corrected chi connectivity index (χ3v) is 3.06. The lowest BCUT2D eigenvalue weighted by Gasteiger charge is -2.04. The van der Waals surface area contributed by atoms with Crippen LogP contribution >= 0.6 is 15.9 Å². The molecule has 0 saturated heterocycles. The van der Waals surface area contributed by atoms with Crippen molar-refractivity contribution < 1.29 is 19.8 Å². The quantitative estimate of drug-likeness (QED) is 0.893. The van der Waals surface area contributed by atoms with Crippen molar-refractivity contribution in [1.82, 2.24) is 0 Å². The largest absolute Gasteiger partial charge is 0.478 e. The van der Waals surface area contributed by atoms with Gasteiger partial charge in [0.25, 0.3) is 0 Å². The Labute approximate surface area is 105 Å². The molecule has 0 aromatic heterocycles. The van der Waals surface area contributed by atoms with Crippen LogP contribution in [0.1, 0.15) is 20.7 Å². The lowest BCUT2D eigenvalue weighted by atomic mass is 10.0. The zero-order chi connectivity index (χ0) is 12.6. The Kier molecular flexibility index (Phi) is 2.85. The molecule has 0 bridgehead atoms. The minimum Gasteiger partial charge on any atom is -0.478 e. The Hall–Kier alpha value is -1.88. The van der Waals surface area contributed by atoms with Gasteiger partial charge in [0.2, 0.25) is 0 Å². The van der Waals surface area contributed by atoms with E-state index in [0.29, 0.717) is 15.2 Å². The molecule has 86 valence electrons. The van der Waals surface area contributed by atoms with Crippen molar-refractivity contribution in [2.24, 2.45) is 0 Å². The summed E-state index contributed by atoms with van der Waals surface area (Å²) in [6.07, 6.45) is 0. The summed E-state index contributed by atoms with van der Waals surface area (Å²) in [6, 6.07) is 7.66. The van der Waals surface area contributed by atoms with E-state index in [9.17, 15) is 9.59 Å². The predicted molar refractivity (Wildman–Crippen MR) is 65.6 cm³/mol. The lowest BCUT2D eigenvalue weighted by Crippen LogP contribution is -1.99. The van der Waals surface area contributed by atoms with Gasteiger partial charge >= 0.3 is 11.9 Å². The van der Waals surface area contributed by atoms with E-state index < -0.39 is 11.9 Å². The lowest BCUT2D eigenvalue weighted by molar-refractivity contribution is 0.0685. The summed E-state index contributed by atoms with van der Waals surface area (Å²) in [7, 11) is 0. The fourth-order valence-electron chi connectivity index (χ4n) is 1.57. The first-order valence-corrected chi connectivity index (χ1v) is 5.48. The van der Waals surface area contributed by atoms with Gasteiger partial charge in [-0.3, -0.25) is 0 Å². The van der Waals surface area contributed by atoms with Crippen LogP contribution in [0.25, 0.3) is 10.8 Å². The normalized spacial score (nSPS) is 10.4. The first kappa shape index (κ1) is 11.6. The standard InChI is InChI=1S/C12H7BrO4/c13-10-5-8-3-7(11(14)15)2-1-6(8)4-9(10)12(16)17/h1-5H,(H,14,15)(H,16,17). The number of aromatic carboxylic acids is 2. The van der Waals surface area contributed by atoms with Crippen molar-refractivity contribution in [2.75, 3.05) is 0 Å². The average molecular weight is 295 g/mol. The highest BCUT2D eigenvalue weighted by Gasteiger charge is 2.11. The van der Waals surface area contributed by atoms with E-state index in [4.69, 9.17) is 10.2 Å². The molecule has 0 aliphatic rings. The highest BCUT2D eigenvalue weighted by atomic mass is 79.9. The van der Waals surface area contributed by atoms with E-state index in [1.807, 2.05) is 0 Å². The molecule has 17 heavy (non-hydrogen) atoms. The molecule has 5 heteroatoms. The minimum absolute atomic E-state index is 0.153. The molecule has 0 radical (unpaired) electrons. The zero-order valence-electron chi connectivity index (χ0n) is 8.48. The van der Waals surface area contributed by atoms with Crippen molar-refractivity contribution >= 4 is 38.6 Å². The Bertz CT molecular complexity index is 634. The van der Waals surface area contributed by atoms with Gasteiger partial charge in [0.05, 0.1) is 11.1 Å². The maximum atomic E-state index is 10.9. The number of carbonyl (C=O) groups is 2. The van der Waals surface area contributed by atoms with Crippen molar-refractivity contribution in [1.29, 1.82) is 0 Å². The van der Waals surface area contributed by atoms with Gasteiger partial charge in [0.1, 0.15) is 0 Å². The second-order valence-electron chi connectivity index (χ2n) is 3.50. The van der Waals surface area contributed by atoms with Gasteiger partial charge in [0, 0.05) is 4.47 Å². The molecule has 0 fully saturated rings. The van der Waals surface area contributed by atoms with Crippen LogP contribution < -0.4 is 0 Å². The van der Waals surface area contributed by atoms with Crippen molar-refractivity contribution in [3.05, 3.63) is 45.9 Å². The molecule has 0 heterocycles. The number of benzene rings is 2. The Morgan fingerprint density at radius 1 is 0.941 bits per heavy atom. The summed E-state index contributed by atoms with van der Waals surface area (Å²) in [5.74, 6) is -2.04. The predicted octanol–water partition coefficient (Wildman–Crippen LogP) is 3.00. The smallest absolute Gasteiger partial charge is 0.336 e. The average Bonchev–Trinajstić information content (AvgIpc) is 2.26. The fraction of sp³-hybridized carbons (Fsp3) is 0. The number of fused-ring (bicyclic) bond motifs is 1.